The number of aromatic nitrogens is 3. The molecule has 2 N–H and O–H groups in total. The molecule has 1 aliphatic rings. The summed E-state index contributed by atoms with van der Waals surface area (Å²) >= 11 is 1.70. The first-order valence-electron chi connectivity index (χ1n) is 7.25. The summed E-state index contributed by atoms with van der Waals surface area (Å²) in [6.45, 7) is 5.41. The van der Waals surface area contributed by atoms with Crippen molar-refractivity contribution in [2.24, 2.45) is 0 Å². The molecule has 0 radical (unpaired) electrons. The predicted molar refractivity (Wildman–Crippen MR) is 78.8 cm³/mol. The number of aromatic amines is 1. The van der Waals surface area contributed by atoms with Crippen LogP contribution in [0.5, 0.6) is 0 Å². The van der Waals surface area contributed by atoms with Crippen LogP contribution < -0.4 is 11.0 Å². The minimum atomic E-state index is -0.0502. The minimum absolute atomic E-state index is 0.0502. The van der Waals surface area contributed by atoms with E-state index in [1.165, 1.54) is 19.3 Å². The number of rotatable bonds is 9. The summed E-state index contributed by atoms with van der Waals surface area (Å²) in [6, 6.07) is 1.01. The molecule has 1 unspecified atom stereocenters. The quantitative estimate of drug-likeness (QED) is 0.539. The fourth-order valence-electron chi connectivity index (χ4n) is 2.21. The van der Waals surface area contributed by atoms with Crippen molar-refractivity contribution in [1.82, 2.24) is 20.1 Å². The molecule has 0 saturated heterocycles. The van der Waals surface area contributed by atoms with Gasteiger partial charge in [0.1, 0.15) is 0 Å². The molecule has 1 fully saturated rings. The van der Waals surface area contributed by atoms with E-state index in [2.05, 4.69) is 29.4 Å². The Hall–Kier alpha value is -0.750. The van der Waals surface area contributed by atoms with E-state index >= 15 is 0 Å². The molecule has 1 aromatic rings. The van der Waals surface area contributed by atoms with E-state index in [1.807, 2.05) is 4.57 Å². The number of hydrogen-bond acceptors (Lipinski definition) is 4. The fourth-order valence-corrected chi connectivity index (χ4v) is 3.23. The van der Waals surface area contributed by atoms with Gasteiger partial charge in [0.25, 0.3) is 0 Å². The number of nitrogens with one attached hydrogen (secondary N) is 2. The van der Waals surface area contributed by atoms with Gasteiger partial charge in [-0.2, -0.15) is 0 Å². The van der Waals surface area contributed by atoms with Crippen molar-refractivity contribution >= 4 is 11.8 Å². The van der Waals surface area contributed by atoms with E-state index in [-0.39, 0.29) is 5.69 Å². The van der Waals surface area contributed by atoms with Crippen molar-refractivity contribution in [3.05, 3.63) is 10.5 Å². The van der Waals surface area contributed by atoms with E-state index < -0.39 is 0 Å². The zero-order valence-electron chi connectivity index (χ0n) is 11.8. The third-order valence-electron chi connectivity index (χ3n) is 3.40. The van der Waals surface area contributed by atoms with Crippen molar-refractivity contribution in [2.75, 3.05) is 12.3 Å². The van der Waals surface area contributed by atoms with E-state index in [0.29, 0.717) is 12.1 Å². The minimum Gasteiger partial charge on any atom is -0.315 e. The second-order valence-corrected chi connectivity index (χ2v) is 6.28. The number of nitrogens with zero attached hydrogens (tertiary/aromatic N) is 2. The van der Waals surface area contributed by atoms with Gasteiger partial charge in [-0.3, -0.25) is 4.57 Å². The number of hydrogen-bond donors (Lipinski definition) is 2. The van der Waals surface area contributed by atoms with Gasteiger partial charge < -0.3 is 5.32 Å². The molecular weight excluding hydrogens is 260 g/mol. The molecule has 5 nitrogen and oxygen atoms in total. The van der Waals surface area contributed by atoms with Crippen molar-refractivity contribution in [2.45, 2.75) is 63.2 Å². The van der Waals surface area contributed by atoms with Crippen molar-refractivity contribution in [3.8, 4) is 0 Å². The Labute approximate surface area is 118 Å². The van der Waals surface area contributed by atoms with Gasteiger partial charge >= 0.3 is 5.69 Å². The van der Waals surface area contributed by atoms with Crippen LogP contribution in [0.1, 0.15) is 52.0 Å². The van der Waals surface area contributed by atoms with E-state index in [4.69, 9.17) is 0 Å². The standard InChI is InChI=1S/C13H24N4OS/c1-3-14-10(2)6-4-5-9-19-13-16-15-12(18)17(13)11-7-8-11/h10-11,14H,3-9H2,1-2H3,(H,15,18). The summed E-state index contributed by atoms with van der Waals surface area (Å²) in [7, 11) is 0. The smallest absolute Gasteiger partial charge is 0.315 e. The summed E-state index contributed by atoms with van der Waals surface area (Å²) < 4.78 is 1.83. The van der Waals surface area contributed by atoms with Crippen molar-refractivity contribution < 1.29 is 0 Å². The van der Waals surface area contributed by atoms with Crippen molar-refractivity contribution in [3.63, 3.8) is 0 Å². The lowest BCUT2D eigenvalue weighted by atomic mass is 10.1. The summed E-state index contributed by atoms with van der Waals surface area (Å²) in [5.41, 5.74) is -0.0502. The molecule has 108 valence electrons. The molecule has 2 rings (SSSR count). The lowest BCUT2D eigenvalue weighted by molar-refractivity contribution is 0.510. The first-order valence-corrected chi connectivity index (χ1v) is 8.24. The highest BCUT2D eigenvalue weighted by Gasteiger charge is 2.28. The lowest BCUT2D eigenvalue weighted by Gasteiger charge is -2.11. The topological polar surface area (TPSA) is 62.7 Å². The molecule has 0 aromatic carbocycles. The molecule has 1 heterocycles. The summed E-state index contributed by atoms with van der Waals surface area (Å²) in [6.07, 6.45) is 5.84. The molecule has 0 amide bonds. The van der Waals surface area contributed by atoms with Crippen LogP contribution in [0, 0.1) is 0 Å². The van der Waals surface area contributed by atoms with E-state index in [1.54, 1.807) is 11.8 Å². The second-order valence-electron chi connectivity index (χ2n) is 5.22. The van der Waals surface area contributed by atoms with Gasteiger partial charge in [0.05, 0.1) is 0 Å². The van der Waals surface area contributed by atoms with Crippen LogP contribution in [0.4, 0.5) is 0 Å². The largest absolute Gasteiger partial charge is 0.344 e. The maximum Gasteiger partial charge on any atom is 0.344 e. The van der Waals surface area contributed by atoms with Crippen LogP contribution >= 0.6 is 11.8 Å². The highest BCUT2D eigenvalue weighted by molar-refractivity contribution is 7.99. The molecule has 0 spiro atoms. The maximum absolute atomic E-state index is 11.6. The van der Waals surface area contributed by atoms with Gasteiger partial charge in [-0.15, -0.1) is 5.10 Å². The Bertz CT molecular complexity index is 438. The van der Waals surface area contributed by atoms with Gasteiger partial charge in [-0.05, 0) is 39.2 Å². The van der Waals surface area contributed by atoms with Crippen LogP contribution in [0.25, 0.3) is 0 Å². The number of H-pyrrole nitrogens is 1. The SMILES string of the molecule is CCNC(C)CCCCSc1n[nH]c(=O)n1C1CC1. The van der Waals surface area contributed by atoms with Crippen LogP contribution in [-0.2, 0) is 0 Å². The highest BCUT2D eigenvalue weighted by Crippen LogP contribution is 2.36. The Morgan fingerprint density at radius 2 is 2.32 bits per heavy atom. The van der Waals surface area contributed by atoms with Crippen LogP contribution in [0.3, 0.4) is 0 Å². The third-order valence-corrected chi connectivity index (χ3v) is 4.44. The Morgan fingerprint density at radius 1 is 1.53 bits per heavy atom. The molecule has 19 heavy (non-hydrogen) atoms. The van der Waals surface area contributed by atoms with E-state index in [9.17, 15) is 4.79 Å². The first-order chi connectivity index (χ1) is 9.22. The number of thioether (sulfide) groups is 1. The van der Waals surface area contributed by atoms with Gasteiger partial charge in [0, 0.05) is 17.8 Å². The van der Waals surface area contributed by atoms with Gasteiger partial charge in [0.2, 0.25) is 0 Å². The Kier molecular flexibility index (Phi) is 5.51. The fraction of sp³-hybridized carbons (Fsp3) is 0.846. The van der Waals surface area contributed by atoms with Gasteiger partial charge in [0.15, 0.2) is 5.16 Å². The third kappa shape index (κ3) is 4.38. The number of unbranched alkanes of at least 4 members (excludes halogenated alkanes) is 1. The summed E-state index contributed by atoms with van der Waals surface area (Å²) in [4.78, 5) is 11.6. The molecule has 0 aliphatic heterocycles. The Balaban J connectivity index is 1.67. The molecule has 6 heteroatoms. The average molecular weight is 284 g/mol. The molecular formula is C13H24N4OS. The zero-order chi connectivity index (χ0) is 13.7. The van der Waals surface area contributed by atoms with Crippen molar-refractivity contribution in [1.29, 1.82) is 0 Å². The molecule has 1 aromatic heterocycles. The molecule has 1 saturated carbocycles. The zero-order valence-corrected chi connectivity index (χ0v) is 12.6. The molecule has 1 aliphatic carbocycles. The maximum atomic E-state index is 11.6. The highest BCUT2D eigenvalue weighted by atomic mass is 32.2. The van der Waals surface area contributed by atoms with Crippen LogP contribution in [-0.4, -0.2) is 33.1 Å². The molecule has 0 bridgehead atoms. The van der Waals surface area contributed by atoms with Crippen LogP contribution in [0.15, 0.2) is 9.95 Å². The monoisotopic (exact) mass is 284 g/mol. The first kappa shape index (κ1) is 14.7. The predicted octanol–water partition coefficient (Wildman–Crippen LogP) is 2.17. The van der Waals surface area contributed by atoms with Crippen LogP contribution in [0.2, 0.25) is 0 Å². The van der Waals surface area contributed by atoms with Gasteiger partial charge in [-0.25, -0.2) is 9.89 Å². The Morgan fingerprint density at radius 3 is 3.00 bits per heavy atom. The lowest BCUT2D eigenvalue weighted by Crippen LogP contribution is -2.25. The summed E-state index contributed by atoms with van der Waals surface area (Å²) in [5, 5.41) is 11.0. The second kappa shape index (κ2) is 7.14. The normalized spacial score (nSPS) is 16.7. The summed E-state index contributed by atoms with van der Waals surface area (Å²) in [5.74, 6) is 1.04. The van der Waals surface area contributed by atoms with Gasteiger partial charge in [-0.1, -0.05) is 25.1 Å². The van der Waals surface area contributed by atoms with E-state index in [0.717, 1.165) is 30.3 Å². The molecule has 1 atom stereocenters. The average Bonchev–Trinajstić information content (AvgIpc) is 3.14.